The molecule has 3 heterocycles. The fourth-order valence-electron chi connectivity index (χ4n) is 2.99. The molecule has 3 aromatic heterocycles. The molecule has 0 aliphatic carbocycles. The first-order valence-electron chi connectivity index (χ1n) is 10.0. The van der Waals surface area contributed by atoms with Gasteiger partial charge in [0, 0.05) is 34.6 Å². The quantitative estimate of drug-likeness (QED) is 0.174. The first-order valence-corrected chi connectivity index (χ1v) is 11.3. The highest BCUT2D eigenvalue weighted by molar-refractivity contribution is 7.14. The minimum Gasteiger partial charge on any atom is -0.337 e. The number of benzene rings is 1. The average molecular weight is 535 g/mol. The topological polar surface area (TPSA) is 91.8 Å². The normalized spacial score (nSPS) is 11.1. The van der Waals surface area contributed by atoms with Crippen molar-refractivity contribution in [2.45, 2.75) is 6.18 Å². The Bertz CT molecular complexity index is 1430. The van der Waals surface area contributed by atoms with Crippen molar-refractivity contribution in [3.63, 3.8) is 0 Å². The summed E-state index contributed by atoms with van der Waals surface area (Å²) in [5, 5.41) is 10.0. The van der Waals surface area contributed by atoms with Crippen molar-refractivity contribution >= 4 is 57.7 Å². The van der Waals surface area contributed by atoms with E-state index >= 15 is 0 Å². The van der Waals surface area contributed by atoms with Gasteiger partial charge in [0.1, 0.15) is 17.3 Å². The van der Waals surface area contributed by atoms with E-state index in [-0.39, 0.29) is 34.3 Å². The zero-order chi connectivity index (χ0) is 25.9. The van der Waals surface area contributed by atoms with Crippen LogP contribution < -0.4 is 16.0 Å². The van der Waals surface area contributed by atoms with Crippen LogP contribution in [0.2, 0.25) is 4.34 Å². The molecule has 1 aromatic carbocycles. The molecule has 184 valence electrons. The third-order valence-corrected chi connectivity index (χ3v) is 5.74. The van der Waals surface area contributed by atoms with Gasteiger partial charge in [-0.2, -0.15) is 18.2 Å². The van der Waals surface area contributed by atoms with Gasteiger partial charge in [-0.05, 0) is 36.4 Å². The summed E-state index contributed by atoms with van der Waals surface area (Å²) in [7, 11) is 0. The smallest absolute Gasteiger partial charge is 0.337 e. The number of thiophene rings is 1. The Labute approximate surface area is 210 Å². The van der Waals surface area contributed by atoms with Gasteiger partial charge < -0.3 is 16.0 Å². The molecule has 0 aliphatic heterocycles. The summed E-state index contributed by atoms with van der Waals surface area (Å²) in [6, 6.07) is 7.51. The molecule has 0 atom stereocenters. The van der Waals surface area contributed by atoms with Crippen LogP contribution in [0.4, 0.5) is 46.4 Å². The fraction of sp³-hybridized carbons (Fsp3) is 0.0435. The second-order valence-electron chi connectivity index (χ2n) is 7.16. The van der Waals surface area contributed by atoms with E-state index < -0.39 is 23.6 Å². The lowest BCUT2D eigenvalue weighted by Gasteiger charge is -2.15. The van der Waals surface area contributed by atoms with E-state index in [1.807, 2.05) is 0 Å². The molecule has 3 N–H and O–H groups in total. The highest BCUT2D eigenvalue weighted by Gasteiger charge is 2.32. The van der Waals surface area contributed by atoms with E-state index in [1.165, 1.54) is 35.7 Å². The Hall–Kier alpha value is -4.03. The number of alkyl halides is 3. The highest BCUT2D eigenvalue weighted by atomic mass is 35.5. The highest BCUT2D eigenvalue weighted by Crippen LogP contribution is 2.34. The lowest BCUT2D eigenvalue weighted by Crippen LogP contribution is -2.09. The molecule has 4 rings (SSSR count). The van der Waals surface area contributed by atoms with Crippen LogP contribution in [0.3, 0.4) is 0 Å². The third kappa shape index (κ3) is 5.96. The molecule has 0 fully saturated rings. The Balaban J connectivity index is 1.74. The Morgan fingerprint density at radius 2 is 1.86 bits per heavy atom. The van der Waals surface area contributed by atoms with Crippen molar-refractivity contribution in [1.29, 1.82) is 0 Å². The lowest BCUT2D eigenvalue weighted by atomic mass is 10.1. The Morgan fingerprint density at radius 1 is 1.06 bits per heavy atom. The molecule has 0 aliphatic rings. The minimum atomic E-state index is -4.61. The second kappa shape index (κ2) is 10.3. The minimum absolute atomic E-state index is 0.0544. The number of rotatable bonds is 7. The molecule has 4 aromatic rings. The zero-order valence-corrected chi connectivity index (χ0v) is 19.6. The van der Waals surface area contributed by atoms with Crippen LogP contribution in [0, 0.1) is 5.82 Å². The Morgan fingerprint density at radius 3 is 2.50 bits per heavy atom. The molecule has 0 unspecified atom stereocenters. The monoisotopic (exact) mass is 534 g/mol. The van der Waals surface area contributed by atoms with Gasteiger partial charge in [-0.25, -0.2) is 9.37 Å². The van der Waals surface area contributed by atoms with Crippen LogP contribution in [0.15, 0.2) is 66.8 Å². The van der Waals surface area contributed by atoms with Crippen molar-refractivity contribution in [3.8, 4) is 11.1 Å². The predicted molar refractivity (Wildman–Crippen MR) is 131 cm³/mol. The molecule has 36 heavy (non-hydrogen) atoms. The van der Waals surface area contributed by atoms with Crippen LogP contribution in [-0.4, -0.2) is 20.9 Å². The number of halogens is 5. The zero-order valence-electron chi connectivity index (χ0n) is 18.0. The van der Waals surface area contributed by atoms with E-state index in [0.29, 0.717) is 10.0 Å². The van der Waals surface area contributed by atoms with Gasteiger partial charge in [0.05, 0.1) is 15.7 Å². The van der Waals surface area contributed by atoms with E-state index in [0.717, 1.165) is 24.4 Å². The van der Waals surface area contributed by atoms with Crippen LogP contribution in [0.25, 0.3) is 11.1 Å². The van der Waals surface area contributed by atoms with Crippen LogP contribution in [0.5, 0.6) is 0 Å². The number of hydrogen-bond donors (Lipinski definition) is 3. The van der Waals surface area contributed by atoms with E-state index in [9.17, 15) is 22.4 Å². The third-order valence-electron chi connectivity index (χ3n) is 4.65. The van der Waals surface area contributed by atoms with Crippen LogP contribution in [0.1, 0.15) is 5.69 Å². The summed E-state index contributed by atoms with van der Waals surface area (Å²) < 4.78 is 54.0. The maximum absolute atomic E-state index is 14.6. The number of carbonyl (C=O) groups is 1. The van der Waals surface area contributed by atoms with E-state index in [2.05, 4.69) is 37.5 Å². The summed E-state index contributed by atoms with van der Waals surface area (Å²) >= 11 is 7.24. The van der Waals surface area contributed by atoms with Crippen molar-refractivity contribution < 1.29 is 22.4 Å². The molecule has 7 nitrogen and oxygen atoms in total. The van der Waals surface area contributed by atoms with Crippen LogP contribution >= 0.6 is 22.9 Å². The number of carbonyl (C=O) groups excluding carboxylic acids is 1. The Kier molecular flexibility index (Phi) is 7.17. The molecular weight excluding hydrogens is 520 g/mol. The number of pyridine rings is 1. The number of anilines is 5. The number of nitrogens with one attached hydrogen (secondary N) is 3. The van der Waals surface area contributed by atoms with Crippen molar-refractivity contribution in [2.24, 2.45) is 0 Å². The molecule has 0 saturated heterocycles. The van der Waals surface area contributed by atoms with Gasteiger partial charge in [-0.15, -0.1) is 11.3 Å². The van der Waals surface area contributed by atoms with Gasteiger partial charge in [0.15, 0.2) is 0 Å². The molecule has 1 amide bonds. The SMILES string of the molecule is C=CC(=O)Nc1ccc(F)c(Nc2nc(Nc3csc(Cl)c3)ncc2-c2ccc(C(F)(F)F)nc2)c1. The van der Waals surface area contributed by atoms with Crippen molar-refractivity contribution in [3.05, 3.63) is 82.7 Å². The standard InChI is InChI=1S/C23H15ClF4N6OS/c1-2-20(35)31-13-4-5-16(25)17(7-13)33-21-15(12-3-6-18(29-9-12)23(26,27)28)10-30-22(34-21)32-14-8-19(24)36-11-14/h2-11H,1H2,(H,31,35)(H2,30,32,33,34). The number of hydrogen-bond acceptors (Lipinski definition) is 7. The first-order chi connectivity index (χ1) is 17.1. The lowest BCUT2D eigenvalue weighted by molar-refractivity contribution is -0.141. The summed E-state index contributed by atoms with van der Waals surface area (Å²) in [6.45, 7) is 3.37. The summed E-state index contributed by atoms with van der Waals surface area (Å²) in [5.41, 5.74) is 0.284. The van der Waals surface area contributed by atoms with E-state index in [1.54, 1.807) is 11.4 Å². The van der Waals surface area contributed by atoms with E-state index in [4.69, 9.17) is 11.6 Å². The summed E-state index contributed by atoms with van der Waals surface area (Å²) in [6.07, 6.45) is -1.16. The maximum Gasteiger partial charge on any atom is 0.433 e. The molecule has 13 heteroatoms. The number of aromatic nitrogens is 3. The molecule has 0 spiro atoms. The first kappa shape index (κ1) is 25.1. The fourth-order valence-corrected chi connectivity index (χ4v) is 3.81. The van der Waals surface area contributed by atoms with Gasteiger partial charge in [-0.1, -0.05) is 24.2 Å². The molecular formula is C23H15ClF4N6OS. The molecule has 0 bridgehead atoms. The summed E-state index contributed by atoms with van der Waals surface area (Å²) in [5.74, 6) is -0.971. The van der Waals surface area contributed by atoms with Gasteiger partial charge in [0.2, 0.25) is 11.9 Å². The largest absolute Gasteiger partial charge is 0.433 e. The average Bonchev–Trinajstić information content (AvgIpc) is 3.25. The number of amides is 1. The second-order valence-corrected chi connectivity index (χ2v) is 8.71. The van der Waals surface area contributed by atoms with Crippen molar-refractivity contribution in [1.82, 2.24) is 15.0 Å². The summed E-state index contributed by atoms with van der Waals surface area (Å²) in [4.78, 5) is 23.7. The van der Waals surface area contributed by atoms with Gasteiger partial charge >= 0.3 is 6.18 Å². The molecule has 0 radical (unpaired) electrons. The van der Waals surface area contributed by atoms with Crippen molar-refractivity contribution in [2.75, 3.05) is 16.0 Å². The maximum atomic E-state index is 14.6. The van der Waals surface area contributed by atoms with Gasteiger partial charge in [0.25, 0.3) is 0 Å². The van der Waals surface area contributed by atoms with Crippen LogP contribution in [-0.2, 0) is 11.0 Å². The number of nitrogens with zero attached hydrogens (tertiary/aromatic N) is 3. The van der Waals surface area contributed by atoms with Gasteiger partial charge in [-0.3, -0.25) is 9.78 Å². The molecule has 0 saturated carbocycles. The predicted octanol–water partition coefficient (Wildman–Crippen LogP) is 7.02.